The highest BCUT2D eigenvalue weighted by atomic mass is 127. The molecular weight excluding hydrogens is 265 g/mol. The van der Waals surface area contributed by atoms with E-state index in [1.165, 1.54) is 18.2 Å². The summed E-state index contributed by atoms with van der Waals surface area (Å²) in [6.07, 6.45) is -3.72. The first kappa shape index (κ1) is 8.86. The Morgan fingerprint density at radius 3 is 2.36 bits per heavy atom. The molecule has 0 fully saturated rings. The van der Waals surface area contributed by atoms with Gasteiger partial charge in [0.15, 0.2) is 0 Å². The highest BCUT2D eigenvalue weighted by Crippen LogP contribution is 2.24. The minimum absolute atomic E-state index is 0.371. The molecule has 0 aliphatic heterocycles. The van der Waals surface area contributed by atoms with E-state index in [1.54, 1.807) is 6.07 Å². The van der Waals surface area contributed by atoms with Gasteiger partial charge in [0.1, 0.15) is 0 Å². The second-order valence-electron chi connectivity index (χ2n) is 2.05. The molecule has 60 valence electrons. The lowest BCUT2D eigenvalue weighted by Crippen LogP contribution is -2.11. The average Bonchev–Trinajstić information content (AvgIpc) is 1.86. The summed E-state index contributed by atoms with van der Waals surface area (Å²) in [6, 6.07) is 5.57. The van der Waals surface area contributed by atoms with Gasteiger partial charge in [0.25, 0.3) is 0 Å². The van der Waals surface area contributed by atoms with Crippen molar-refractivity contribution in [1.29, 1.82) is 0 Å². The lowest BCUT2D eigenvalue weighted by Gasteiger charge is -2.07. The summed E-state index contributed by atoms with van der Waals surface area (Å²) in [5.41, 5.74) is -0.371. The van der Waals surface area contributed by atoms with E-state index in [0.717, 1.165) is 0 Å². The minimum Gasteiger partial charge on any atom is -0.332 e. The molecule has 0 heterocycles. The maximum Gasteiger partial charge on any atom is 0.380 e. The molecule has 0 aliphatic carbocycles. The van der Waals surface area contributed by atoms with Crippen molar-refractivity contribution >= 4 is 22.6 Å². The summed E-state index contributed by atoms with van der Waals surface area (Å²) < 4.78 is 25.0. The van der Waals surface area contributed by atoms with Crippen LogP contribution in [-0.2, 0) is 6.11 Å². The standard InChI is InChI=1S/C7H5F2IO/c8-7(9,11)5-2-1-3-6(10)4-5/h1-4,11H. The van der Waals surface area contributed by atoms with E-state index in [1.807, 2.05) is 22.6 Å². The predicted octanol–water partition coefficient (Wildman–Crippen LogP) is 2.33. The van der Waals surface area contributed by atoms with Crippen LogP contribution in [0.5, 0.6) is 0 Å². The zero-order chi connectivity index (χ0) is 8.48. The minimum atomic E-state index is -3.72. The maximum atomic E-state index is 12.2. The molecular formula is C7H5F2IO. The van der Waals surface area contributed by atoms with Crippen molar-refractivity contribution in [3.05, 3.63) is 33.4 Å². The molecule has 4 heteroatoms. The summed E-state index contributed by atoms with van der Waals surface area (Å²) in [7, 11) is 0. The molecule has 0 bridgehead atoms. The number of benzene rings is 1. The molecule has 0 spiro atoms. The van der Waals surface area contributed by atoms with E-state index in [4.69, 9.17) is 5.11 Å². The van der Waals surface area contributed by atoms with Crippen LogP contribution in [0.3, 0.4) is 0 Å². The van der Waals surface area contributed by atoms with Crippen LogP contribution >= 0.6 is 22.6 Å². The predicted molar refractivity (Wildman–Crippen MR) is 45.3 cm³/mol. The molecule has 0 saturated heterocycles. The SMILES string of the molecule is OC(F)(F)c1cccc(I)c1. The van der Waals surface area contributed by atoms with Gasteiger partial charge in [0, 0.05) is 3.57 Å². The topological polar surface area (TPSA) is 20.2 Å². The maximum absolute atomic E-state index is 12.2. The first-order chi connectivity index (χ1) is 5.00. The number of aliphatic hydroxyl groups is 1. The van der Waals surface area contributed by atoms with E-state index in [2.05, 4.69) is 0 Å². The average molecular weight is 270 g/mol. The van der Waals surface area contributed by atoms with Crippen LogP contribution in [0.4, 0.5) is 8.78 Å². The van der Waals surface area contributed by atoms with Gasteiger partial charge in [-0.1, -0.05) is 12.1 Å². The van der Waals surface area contributed by atoms with Gasteiger partial charge in [-0.3, -0.25) is 0 Å². The van der Waals surface area contributed by atoms with Gasteiger partial charge >= 0.3 is 6.11 Å². The molecule has 0 radical (unpaired) electrons. The van der Waals surface area contributed by atoms with E-state index in [-0.39, 0.29) is 5.56 Å². The molecule has 0 amide bonds. The van der Waals surface area contributed by atoms with Gasteiger partial charge in [-0.25, -0.2) is 0 Å². The Morgan fingerprint density at radius 2 is 2.00 bits per heavy atom. The van der Waals surface area contributed by atoms with Crippen LogP contribution in [0, 0.1) is 3.57 Å². The van der Waals surface area contributed by atoms with Gasteiger partial charge in [-0.15, -0.1) is 0 Å². The normalized spacial score (nSPS) is 11.6. The molecule has 0 unspecified atom stereocenters. The second kappa shape index (κ2) is 3.02. The van der Waals surface area contributed by atoms with Crippen LogP contribution in [-0.4, -0.2) is 5.11 Å². The van der Waals surface area contributed by atoms with Crippen molar-refractivity contribution in [2.45, 2.75) is 6.11 Å². The quantitative estimate of drug-likeness (QED) is 0.776. The molecule has 1 aromatic rings. The lowest BCUT2D eigenvalue weighted by atomic mass is 10.2. The van der Waals surface area contributed by atoms with Gasteiger partial charge in [-0.2, -0.15) is 8.78 Å². The zero-order valence-electron chi connectivity index (χ0n) is 5.39. The molecule has 0 aliphatic rings. The number of alkyl halides is 2. The van der Waals surface area contributed by atoms with Crippen molar-refractivity contribution < 1.29 is 13.9 Å². The van der Waals surface area contributed by atoms with Crippen LogP contribution in [0.1, 0.15) is 5.56 Å². The van der Waals surface area contributed by atoms with Crippen LogP contribution in [0.2, 0.25) is 0 Å². The molecule has 0 atom stereocenters. The van der Waals surface area contributed by atoms with Gasteiger partial charge in [-0.05, 0) is 34.7 Å². The van der Waals surface area contributed by atoms with E-state index < -0.39 is 6.11 Å². The summed E-state index contributed by atoms with van der Waals surface area (Å²) >= 11 is 1.90. The lowest BCUT2D eigenvalue weighted by molar-refractivity contribution is -0.208. The third-order valence-electron chi connectivity index (χ3n) is 1.17. The highest BCUT2D eigenvalue weighted by molar-refractivity contribution is 14.1. The highest BCUT2D eigenvalue weighted by Gasteiger charge is 2.27. The van der Waals surface area contributed by atoms with Gasteiger partial charge in [0.2, 0.25) is 0 Å². The fourth-order valence-corrected chi connectivity index (χ4v) is 1.22. The molecule has 1 N–H and O–H groups in total. The fourth-order valence-electron chi connectivity index (χ4n) is 0.676. The van der Waals surface area contributed by atoms with E-state index in [0.29, 0.717) is 3.57 Å². The van der Waals surface area contributed by atoms with Gasteiger partial charge < -0.3 is 5.11 Å². The van der Waals surface area contributed by atoms with Crippen molar-refractivity contribution in [3.63, 3.8) is 0 Å². The molecule has 1 rings (SSSR count). The van der Waals surface area contributed by atoms with Crippen LogP contribution in [0.25, 0.3) is 0 Å². The number of hydrogen-bond donors (Lipinski definition) is 1. The summed E-state index contributed by atoms with van der Waals surface area (Å²) in [4.78, 5) is 0. The monoisotopic (exact) mass is 270 g/mol. The van der Waals surface area contributed by atoms with Crippen molar-refractivity contribution in [2.24, 2.45) is 0 Å². The third kappa shape index (κ3) is 2.37. The largest absolute Gasteiger partial charge is 0.380 e. The zero-order valence-corrected chi connectivity index (χ0v) is 7.55. The van der Waals surface area contributed by atoms with Crippen molar-refractivity contribution in [1.82, 2.24) is 0 Å². The Bertz CT molecular complexity index is 257. The number of rotatable bonds is 1. The fraction of sp³-hybridized carbons (Fsp3) is 0.143. The van der Waals surface area contributed by atoms with Crippen LogP contribution in [0.15, 0.2) is 24.3 Å². The Hall–Kier alpha value is -0.230. The van der Waals surface area contributed by atoms with Crippen molar-refractivity contribution in [3.8, 4) is 0 Å². The van der Waals surface area contributed by atoms with Crippen LogP contribution < -0.4 is 0 Å². The number of halogens is 3. The summed E-state index contributed by atoms with van der Waals surface area (Å²) in [5.74, 6) is 0. The number of hydrogen-bond acceptors (Lipinski definition) is 1. The molecule has 0 aromatic heterocycles. The first-order valence-electron chi connectivity index (χ1n) is 2.86. The Balaban J connectivity index is 3.06. The Morgan fingerprint density at radius 1 is 1.36 bits per heavy atom. The summed E-state index contributed by atoms with van der Waals surface area (Å²) in [6.45, 7) is 0. The molecule has 1 nitrogen and oxygen atoms in total. The smallest absolute Gasteiger partial charge is 0.332 e. The Labute approximate surface area is 76.2 Å². The second-order valence-corrected chi connectivity index (χ2v) is 3.30. The van der Waals surface area contributed by atoms with E-state index >= 15 is 0 Å². The van der Waals surface area contributed by atoms with E-state index in [9.17, 15) is 8.78 Å². The summed E-state index contributed by atoms with van der Waals surface area (Å²) in [5, 5.41) is 8.28. The molecule has 11 heavy (non-hydrogen) atoms. The van der Waals surface area contributed by atoms with Crippen molar-refractivity contribution in [2.75, 3.05) is 0 Å². The Kier molecular flexibility index (Phi) is 2.43. The van der Waals surface area contributed by atoms with Gasteiger partial charge in [0.05, 0.1) is 5.56 Å². The molecule has 1 aromatic carbocycles. The molecule has 0 saturated carbocycles. The first-order valence-corrected chi connectivity index (χ1v) is 3.94. The third-order valence-corrected chi connectivity index (χ3v) is 1.84.